The van der Waals surface area contributed by atoms with Crippen molar-refractivity contribution in [1.29, 1.82) is 0 Å². The number of nitrogens with two attached hydrogens (primary N) is 1. The second-order valence-electron chi connectivity index (χ2n) is 5.11. The zero-order chi connectivity index (χ0) is 14.7. The summed E-state index contributed by atoms with van der Waals surface area (Å²) in [5, 5.41) is 3.48. The normalized spacial score (nSPS) is 10.3. The zero-order valence-electron chi connectivity index (χ0n) is 12.0. The van der Waals surface area contributed by atoms with Crippen molar-refractivity contribution in [3.8, 4) is 11.1 Å². The summed E-state index contributed by atoms with van der Waals surface area (Å²) in [5.41, 5.74) is 12.3. The number of anilines is 3. The molecule has 2 heteroatoms. The van der Waals surface area contributed by atoms with Gasteiger partial charge in [0.2, 0.25) is 0 Å². The van der Waals surface area contributed by atoms with Crippen molar-refractivity contribution < 1.29 is 0 Å². The molecule has 0 saturated heterocycles. The maximum atomic E-state index is 5.88. The summed E-state index contributed by atoms with van der Waals surface area (Å²) >= 11 is 0. The monoisotopic (exact) mass is 274 g/mol. The van der Waals surface area contributed by atoms with Crippen molar-refractivity contribution in [3.63, 3.8) is 0 Å². The van der Waals surface area contributed by atoms with Gasteiger partial charge in [0.1, 0.15) is 0 Å². The van der Waals surface area contributed by atoms with Crippen LogP contribution in [0.4, 0.5) is 17.1 Å². The summed E-state index contributed by atoms with van der Waals surface area (Å²) < 4.78 is 0. The van der Waals surface area contributed by atoms with Gasteiger partial charge in [-0.25, -0.2) is 0 Å². The predicted molar refractivity (Wildman–Crippen MR) is 90.8 cm³/mol. The van der Waals surface area contributed by atoms with Crippen molar-refractivity contribution in [3.05, 3.63) is 78.4 Å². The first-order chi connectivity index (χ1) is 10.2. The van der Waals surface area contributed by atoms with Crippen LogP contribution in [0.25, 0.3) is 11.1 Å². The van der Waals surface area contributed by atoms with Crippen molar-refractivity contribution >= 4 is 17.1 Å². The van der Waals surface area contributed by atoms with Crippen molar-refractivity contribution in [2.24, 2.45) is 0 Å². The van der Waals surface area contributed by atoms with E-state index in [1.807, 2.05) is 31.2 Å². The molecule has 3 N–H and O–H groups in total. The third kappa shape index (κ3) is 2.90. The van der Waals surface area contributed by atoms with Gasteiger partial charge >= 0.3 is 0 Å². The molecule has 0 aliphatic heterocycles. The van der Waals surface area contributed by atoms with Gasteiger partial charge < -0.3 is 11.1 Å². The van der Waals surface area contributed by atoms with E-state index in [9.17, 15) is 0 Å². The second kappa shape index (κ2) is 5.71. The smallest absolute Gasteiger partial charge is 0.0463 e. The molecule has 104 valence electrons. The Balaban J connectivity index is 1.98. The highest BCUT2D eigenvalue weighted by Gasteiger charge is 2.05. The summed E-state index contributed by atoms with van der Waals surface area (Å²) in [4.78, 5) is 0. The minimum atomic E-state index is 0.817. The lowest BCUT2D eigenvalue weighted by molar-refractivity contribution is 1.45. The number of nitrogen functional groups attached to an aromatic ring is 1. The van der Waals surface area contributed by atoms with Gasteiger partial charge in [0.15, 0.2) is 0 Å². The van der Waals surface area contributed by atoms with E-state index in [1.165, 1.54) is 11.1 Å². The van der Waals surface area contributed by atoms with E-state index in [0.29, 0.717) is 0 Å². The molecule has 0 aliphatic carbocycles. The fourth-order valence-corrected chi connectivity index (χ4v) is 2.37. The number of aryl methyl sites for hydroxylation is 1. The molecule has 0 unspecified atom stereocenters. The van der Waals surface area contributed by atoms with Crippen LogP contribution >= 0.6 is 0 Å². The molecule has 0 aromatic heterocycles. The van der Waals surface area contributed by atoms with E-state index in [2.05, 4.69) is 53.8 Å². The summed E-state index contributed by atoms with van der Waals surface area (Å²) in [6.45, 7) is 2.02. The lowest BCUT2D eigenvalue weighted by Crippen LogP contribution is -1.95. The van der Waals surface area contributed by atoms with Gasteiger partial charge in [0.05, 0.1) is 0 Å². The van der Waals surface area contributed by atoms with E-state index < -0.39 is 0 Å². The molecular weight excluding hydrogens is 256 g/mol. The van der Waals surface area contributed by atoms with Gasteiger partial charge in [-0.3, -0.25) is 0 Å². The molecule has 21 heavy (non-hydrogen) atoms. The van der Waals surface area contributed by atoms with Crippen LogP contribution in [0.3, 0.4) is 0 Å². The van der Waals surface area contributed by atoms with E-state index >= 15 is 0 Å². The van der Waals surface area contributed by atoms with Crippen molar-refractivity contribution in [2.75, 3.05) is 11.1 Å². The quantitative estimate of drug-likeness (QED) is 0.660. The first-order valence-electron chi connectivity index (χ1n) is 7.01. The van der Waals surface area contributed by atoms with Crippen LogP contribution in [0.1, 0.15) is 5.56 Å². The summed E-state index contributed by atoms with van der Waals surface area (Å²) in [6.07, 6.45) is 0. The SMILES string of the molecule is Cc1cc(Nc2ccccc2-c2ccccc2)ccc1N. The molecule has 0 spiro atoms. The van der Waals surface area contributed by atoms with Gasteiger partial charge in [-0.05, 0) is 42.3 Å². The molecule has 0 saturated carbocycles. The molecule has 0 amide bonds. The fourth-order valence-electron chi connectivity index (χ4n) is 2.37. The third-order valence-corrected chi connectivity index (χ3v) is 3.56. The molecule has 0 bridgehead atoms. The Labute approximate surface area is 125 Å². The standard InChI is InChI=1S/C19H18N2/c1-14-13-16(11-12-18(14)20)21-19-10-6-5-9-17(19)15-7-3-2-4-8-15/h2-13,21H,20H2,1H3. The topological polar surface area (TPSA) is 38.0 Å². The van der Waals surface area contributed by atoms with Crippen LogP contribution in [-0.4, -0.2) is 0 Å². The van der Waals surface area contributed by atoms with Gasteiger partial charge in [0, 0.05) is 22.6 Å². The molecule has 3 aromatic carbocycles. The Morgan fingerprint density at radius 3 is 2.29 bits per heavy atom. The number of nitrogens with one attached hydrogen (secondary N) is 1. The van der Waals surface area contributed by atoms with Crippen LogP contribution in [-0.2, 0) is 0 Å². The Morgan fingerprint density at radius 1 is 0.810 bits per heavy atom. The molecule has 0 aliphatic rings. The van der Waals surface area contributed by atoms with Gasteiger partial charge in [0.25, 0.3) is 0 Å². The maximum absolute atomic E-state index is 5.88. The first-order valence-corrected chi connectivity index (χ1v) is 7.01. The summed E-state index contributed by atoms with van der Waals surface area (Å²) in [5.74, 6) is 0. The molecule has 2 nitrogen and oxygen atoms in total. The van der Waals surface area contributed by atoms with Crippen LogP contribution in [0.2, 0.25) is 0 Å². The predicted octanol–water partition coefficient (Wildman–Crippen LogP) is 4.99. The van der Waals surface area contributed by atoms with Crippen molar-refractivity contribution in [1.82, 2.24) is 0 Å². The van der Waals surface area contributed by atoms with Gasteiger partial charge in [-0.1, -0.05) is 48.5 Å². The lowest BCUT2D eigenvalue weighted by Gasteiger charge is -2.13. The molecule has 3 rings (SSSR count). The average Bonchev–Trinajstić information content (AvgIpc) is 2.52. The summed E-state index contributed by atoms with van der Waals surface area (Å²) in [7, 11) is 0. The molecule has 0 atom stereocenters. The van der Waals surface area contributed by atoms with Gasteiger partial charge in [-0.15, -0.1) is 0 Å². The maximum Gasteiger partial charge on any atom is 0.0463 e. The van der Waals surface area contributed by atoms with Crippen LogP contribution in [0, 0.1) is 6.92 Å². The molecule has 0 heterocycles. The second-order valence-corrected chi connectivity index (χ2v) is 5.11. The number of hydrogen-bond donors (Lipinski definition) is 2. The highest BCUT2D eigenvalue weighted by atomic mass is 14.9. The minimum absolute atomic E-state index is 0.817. The number of hydrogen-bond acceptors (Lipinski definition) is 2. The number of benzene rings is 3. The van der Waals surface area contributed by atoms with Gasteiger partial charge in [-0.2, -0.15) is 0 Å². The largest absolute Gasteiger partial charge is 0.399 e. The van der Waals surface area contributed by atoms with E-state index in [0.717, 1.165) is 22.6 Å². The lowest BCUT2D eigenvalue weighted by atomic mass is 10.0. The Morgan fingerprint density at radius 2 is 1.52 bits per heavy atom. The zero-order valence-corrected chi connectivity index (χ0v) is 12.0. The molecule has 3 aromatic rings. The molecule has 0 fully saturated rings. The molecular formula is C19H18N2. The molecule has 0 radical (unpaired) electrons. The Bertz CT molecular complexity index is 749. The van der Waals surface area contributed by atoms with E-state index in [-0.39, 0.29) is 0 Å². The summed E-state index contributed by atoms with van der Waals surface area (Å²) in [6, 6.07) is 24.7. The van der Waals surface area contributed by atoms with Crippen LogP contribution < -0.4 is 11.1 Å². The highest BCUT2D eigenvalue weighted by Crippen LogP contribution is 2.30. The van der Waals surface area contributed by atoms with Crippen LogP contribution in [0.15, 0.2) is 72.8 Å². The van der Waals surface area contributed by atoms with E-state index in [1.54, 1.807) is 0 Å². The average molecular weight is 274 g/mol. The first kappa shape index (κ1) is 13.3. The van der Waals surface area contributed by atoms with Crippen LogP contribution in [0.5, 0.6) is 0 Å². The fraction of sp³-hybridized carbons (Fsp3) is 0.0526. The Kier molecular flexibility index (Phi) is 3.61. The number of para-hydroxylation sites is 1. The Hall–Kier alpha value is -2.74. The highest BCUT2D eigenvalue weighted by molar-refractivity contribution is 5.81. The van der Waals surface area contributed by atoms with E-state index in [4.69, 9.17) is 5.73 Å². The van der Waals surface area contributed by atoms with Crippen molar-refractivity contribution in [2.45, 2.75) is 6.92 Å². The third-order valence-electron chi connectivity index (χ3n) is 3.56. The minimum Gasteiger partial charge on any atom is -0.399 e. The number of rotatable bonds is 3.